The third kappa shape index (κ3) is 6.43. The van der Waals surface area contributed by atoms with Gasteiger partial charge < -0.3 is 9.84 Å². The van der Waals surface area contributed by atoms with Crippen LogP contribution in [0.3, 0.4) is 0 Å². The van der Waals surface area contributed by atoms with Crippen LogP contribution in [-0.4, -0.2) is 17.7 Å². The van der Waals surface area contributed by atoms with Gasteiger partial charge in [0.05, 0.1) is 13.2 Å². The monoisotopic (exact) mass is 432 g/mol. The fourth-order valence-electron chi connectivity index (χ4n) is 4.68. The van der Waals surface area contributed by atoms with Gasteiger partial charge in [0.25, 0.3) is 0 Å². The van der Waals surface area contributed by atoms with Gasteiger partial charge in [0, 0.05) is 12.0 Å². The summed E-state index contributed by atoms with van der Waals surface area (Å²) >= 11 is 0. The van der Waals surface area contributed by atoms with Crippen LogP contribution in [0.15, 0.2) is 67.3 Å². The molecule has 3 rings (SSSR count). The van der Waals surface area contributed by atoms with E-state index < -0.39 is 0 Å². The van der Waals surface area contributed by atoms with Crippen molar-refractivity contribution in [3.63, 3.8) is 0 Å². The highest BCUT2D eigenvalue weighted by Crippen LogP contribution is 2.38. The lowest BCUT2D eigenvalue weighted by Crippen LogP contribution is -2.13. The van der Waals surface area contributed by atoms with Crippen molar-refractivity contribution in [2.24, 2.45) is 5.92 Å². The average Bonchev–Trinajstić information content (AvgIpc) is 2.83. The van der Waals surface area contributed by atoms with Crippen LogP contribution >= 0.6 is 0 Å². The summed E-state index contributed by atoms with van der Waals surface area (Å²) in [6.07, 6.45) is 10.2. The molecule has 0 unspecified atom stereocenters. The first-order valence-electron chi connectivity index (χ1n) is 11.8. The first kappa shape index (κ1) is 24.0. The van der Waals surface area contributed by atoms with E-state index in [0.717, 1.165) is 34.6 Å². The molecule has 1 aliphatic rings. The van der Waals surface area contributed by atoms with Gasteiger partial charge in [0.15, 0.2) is 0 Å². The molecule has 1 saturated carbocycles. The van der Waals surface area contributed by atoms with E-state index in [9.17, 15) is 9.90 Å². The molecule has 0 radical (unpaired) electrons. The maximum Gasteiger partial charge on any atom is 0.333 e. The first-order valence-corrected chi connectivity index (χ1v) is 11.8. The van der Waals surface area contributed by atoms with Gasteiger partial charge in [-0.05, 0) is 85.1 Å². The summed E-state index contributed by atoms with van der Waals surface area (Å²) in [6.45, 7) is 9.41. The molecule has 2 aromatic rings. The van der Waals surface area contributed by atoms with Gasteiger partial charge in [-0.25, -0.2) is 4.79 Å². The van der Waals surface area contributed by atoms with E-state index in [1.54, 1.807) is 6.92 Å². The molecule has 0 amide bonds. The molecule has 1 aliphatic carbocycles. The molecule has 0 atom stereocenters. The van der Waals surface area contributed by atoms with Crippen LogP contribution in [0.2, 0.25) is 0 Å². The molecular weight excluding hydrogens is 396 g/mol. The van der Waals surface area contributed by atoms with E-state index in [1.165, 1.54) is 37.7 Å². The number of ether oxygens (including phenoxy) is 1. The summed E-state index contributed by atoms with van der Waals surface area (Å²) < 4.78 is 5.30. The van der Waals surface area contributed by atoms with Crippen LogP contribution in [0, 0.1) is 5.92 Å². The summed E-state index contributed by atoms with van der Waals surface area (Å²) in [5.41, 5.74) is 6.04. The minimum atomic E-state index is -0.367. The Kier molecular flexibility index (Phi) is 8.87. The van der Waals surface area contributed by atoms with Crippen molar-refractivity contribution >= 4 is 5.97 Å². The van der Waals surface area contributed by atoms with Crippen molar-refractivity contribution in [3.8, 4) is 11.1 Å². The van der Waals surface area contributed by atoms with Crippen LogP contribution in [0.25, 0.3) is 11.1 Å². The molecule has 3 nitrogen and oxygen atoms in total. The third-order valence-electron chi connectivity index (χ3n) is 6.62. The van der Waals surface area contributed by atoms with Crippen molar-refractivity contribution in [2.75, 3.05) is 6.61 Å². The largest absolute Gasteiger partial charge is 0.462 e. The smallest absolute Gasteiger partial charge is 0.333 e. The summed E-state index contributed by atoms with van der Waals surface area (Å²) in [5, 5.41) is 9.56. The van der Waals surface area contributed by atoms with E-state index in [0.29, 0.717) is 24.5 Å². The van der Waals surface area contributed by atoms with Crippen LogP contribution in [-0.2, 0) is 22.6 Å². The van der Waals surface area contributed by atoms with Gasteiger partial charge >= 0.3 is 5.97 Å². The van der Waals surface area contributed by atoms with E-state index in [-0.39, 0.29) is 12.6 Å². The molecule has 0 heterocycles. The summed E-state index contributed by atoms with van der Waals surface area (Å²) in [5.74, 6) is 1.14. The summed E-state index contributed by atoms with van der Waals surface area (Å²) in [4.78, 5) is 11.7. The van der Waals surface area contributed by atoms with E-state index in [1.807, 2.05) is 18.2 Å². The number of hydrogen-bond acceptors (Lipinski definition) is 3. The molecule has 0 aromatic heterocycles. The first-order chi connectivity index (χ1) is 15.5. The Hall–Kier alpha value is -2.65. The molecule has 0 spiro atoms. The predicted molar refractivity (Wildman–Crippen MR) is 131 cm³/mol. The minimum absolute atomic E-state index is 0.00670. The highest BCUT2D eigenvalue weighted by atomic mass is 16.5. The van der Waals surface area contributed by atoms with Gasteiger partial charge in [-0.3, -0.25) is 0 Å². The van der Waals surface area contributed by atoms with Crippen molar-refractivity contribution in [1.29, 1.82) is 0 Å². The van der Waals surface area contributed by atoms with Crippen LogP contribution in [0.1, 0.15) is 68.1 Å². The number of carbonyl (C=O) groups is 1. The zero-order chi connectivity index (χ0) is 22.9. The van der Waals surface area contributed by atoms with Crippen molar-refractivity contribution in [2.45, 2.75) is 64.4 Å². The number of allylic oxidation sites excluding steroid dienone is 1. The zero-order valence-electron chi connectivity index (χ0n) is 19.3. The van der Waals surface area contributed by atoms with Gasteiger partial charge in [-0.15, -0.1) is 6.58 Å². The van der Waals surface area contributed by atoms with Gasteiger partial charge in [-0.1, -0.05) is 55.1 Å². The normalized spacial score (nSPS) is 18.2. The maximum absolute atomic E-state index is 11.7. The lowest BCUT2D eigenvalue weighted by atomic mass is 9.77. The Bertz CT molecular complexity index is 918. The second-order valence-electron chi connectivity index (χ2n) is 9.02. The predicted octanol–water partition coefficient (Wildman–Crippen LogP) is 6.75. The summed E-state index contributed by atoms with van der Waals surface area (Å²) in [7, 11) is 0. The number of rotatable bonds is 10. The molecule has 2 aromatic carbocycles. The minimum Gasteiger partial charge on any atom is -0.462 e. The van der Waals surface area contributed by atoms with Gasteiger partial charge in [0.2, 0.25) is 0 Å². The molecule has 1 fully saturated rings. The number of benzene rings is 2. The highest BCUT2D eigenvalue weighted by molar-refractivity contribution is 5.86. The fourth-order valence-corrected chi connectivity index (χ4v) is 4.68. The molecule has 0 bridgehead atoms. The lowest BCUT2D eigenvalue weighted by molar-refractivity contribution is -0.138. The summed E-state index contributed by atoms with van der Waals surface area (Å²) in [6, 6.07) is 15.0. The maximum atomic E-state index is 11.7. The second kappa shape index (κ2) is 11.8. The Morgan fingerprint density at radius 2 is 1.84 bits per heavy atom. The third-order valence-corrected chi connectivity index (χ3v) is 6.62. The highest BCUT2D eigenvalue weighted by Gasteiger charge is 2.22. The molecule has 3 heteroatoms. The number of carbonyl (C=O) groups excluding carboxylic acids is 1. The van der Waals surface area contributed by atoms with E-state index >= 15 is 0 Å². The molecule has 170 valence electrons. The van der Waals surface area contributed by atoms with Gasteiger partial charge in [-0.2, -0.15) is 0 Å². The Balaban J connectivity index is 1.69. The molecule has 0 saturated heterocycles. The number of aliphatic hydroxyl groups is 1. The van der Waals surface area contributed by atoms with Crippen LogP contribution in [0.4, 0.5) is 0 Å². The SMILES string of the molecule is C=CCCC1CCC(c2ccc(-c3ccc(CO)cc3CCOC(=O)C(=C)C)cc2)CC1. The van der Waals surface area contributed by atoms with Crippen molar-refractivity contribution in [3.05, 3.63) is 84.0 Å². The van der Waals surface area contributed by atoms with Gasteiger partial charge in [0.1, 0.15) is 0 Å². The average molecular weight is 433 g/mol. The van der Waals surface area contributed by atoms with E-state index in [2.05, 4.69) is 43.5 Å². The Morgan fingerprint density at radius 3 is 2.47 bits per heavy atom. The molecule has 32 heavy (non-hydrogen) atoms. The lowest BCUT2D eigenvalue weighted by Gasteiger charge is -2.28. The Morgan fingerprint density at radius 1 is 1.12 bits per heavy atom. The quantitative estimate of drug-likeness (QED) is 0.257. The second-order valence-corrected chi connectivity index (χ2v) is 9.02. The zero-order valence-corrected chi connectivity index (χ0v) is 19.3. The topological polar surface area (TPSA) is 46.5 Å². The Labute approximate surface area is 192 Å². The van der Waals surface area contributed by atoms with E-state index in [4.69, 9.17) is 4.74 Å². The van der Waals surface area contributed by atoms with Crippen molar-refractivity contribution in [1.82, 2.24) is 0 Å². The van der Waals surface area contributed by atoms with Crippen LogP contribution < -0.4 is 0 Å². The fraction of sp³-hybridized carbons (Fsp3) is 0.414. The van der Waals surface area contributed by atoms with Crippen LogP contribution in [0.5, 0.6) is 0 Å². The number of aliphatic hydroxyl groups excluding tert-OH is 1. The van der Waals surface area contributed by atoms with Crippen molar-refractivity contribution < 1.29 is 14.6 Å². The number of esters is 1. The molecule has 0 aliphatic heterocycles. The number of hydrogen-bond donors (Lipinski definition) is 1. The standard InChI is InChI=1S/C29H36O3/c1-4-5-6-22-7-10-24(11-8-22)25-12-14-26(15-13-25)28-16-9-23(20-30)19-27(28)17-18-32-29(31)21(2)3/h4,9,12-16,19,22,24,30H,1-2,5-8,10-11,17-18,20H2,3H3. The molecule has 1 N–H and O–H groups in total. The molecular formula is C29H36O3.